The summed E-state index contributed by atoms with van der Waals surface area (Å²) in [5, 5.41) is 18.0. The lowest BCUT2D eigenvalue weighted by Crippen LogP contribution is -2.28. The summed E-state index contributed by atoms with van der Waals surface area (Å²) in [7, 11) is 0. The molecule has 0 radical (unpaired) electrons. The topological polar surface area (TPSA) is 60.1 Å². The highest BCUT2D eigenvalue weighted by Crippen LogP contribution is 2.17. The van der Waals surface area contributed by atoms with E-state index in [0.717, 1.165) is 25.1 Å². The van der Waals surface area contributed by atoms with Gasteiger partial charge in [-0.05, 0) is 18.6 Å². The summed E-state index contributed by atoms with van der Waals surface area (Å²) in [5.74, 6) is 0. The van der Waals surface area contributed by atoms with Crippen LogP contribution in [0.3, 0.4) is 0 Å². The molecule has 0 saturated carbocycles. The molecule has 1 N–H and O–H groups in total. The molecule has 0 aliphatic rings. The molecule has 0 fully saturated rings. The molecule has 0 aliphatic carbocycles. The Morgan fingerprint density at radius 3 is 2.94 bits per heavy atom. The van der Waals surface area contributed by atoms with E-state index in [4.69, 9.17) is 10.4 Å². The summed E-state index contributed by atoms with van der Waals surface area (Å²) in [6.45, 7) is 3.59. The van der Waals surface area contributed by atoms with Crippen molar-refractivity contribution in [1.82, 2.24) is 4.98 Å². The average Bonchev–Trinajstić information content (AvgIpc) is 2.34. The maximum Gasteiger partial charge on any atom is 0.163 e. The highest BCUT2D eigenvalue weighted by Gasteiger charge is 2.10. The molecule has 0 unspecified atom stereocenters. The second kappa shape index (κ2) is 6.81. The van der Waals surface area contributed by atoms with Gasteiger partial charge >= 0.3 is 0 Å². The zero-order chi connectivity index (χ0) is 11.8. The van der Waals surface area contributed by atoms with Gasteiger partial charge in [-0.1, -0.05) is 13.3 Å². The fourth-order valence-corrected chi connectivity index (χ4v) is 1.56. The van der Waals surface area contributed by atoms with Crippen molar-refractivity contribution in [3.63, 3.8) is 0 Å². The zero-order valence-electron chi connectivity index (χ0n) is 9.56. The van der Waals surface area contributed by atoms with E-state index in [1.165, 1.54) is 0 Å². The summed E-state index contributed by atoms with van der Waals surface area (Å²) in [5.41, 5.74) is 1.24. The van der Waals surface area contributed by atoms with Gasteiger partial charge in [-0.15, -0.1) is 0 Å². The van der Waals surface area contributed by atoms with Crippen LogP contribution in [0.4, 0.5) is 5.69 Å². The smallest absolute Gasteiger partial charge is 0.163 e. The Morgan fingerprint density at radius 1 is 1.50 bits per heavy atom. The van der Waals surface area contributed by atoms with E-state index in [1.54, 1.807) is 6.20 Å². The molecule has 0 amide bonds. The van der Waals surface area contributed by atoms with E-state index in [9.17, 15) is 0 Å². The third kappa shape index (κ3) is 3.21. The molecular formula is C12H17N3O. The normalized spacial score (nSPS) is 9.81. The van der Waals surface area contributed by atoms with Crippen LogP contribution in [0, 0.1) is 11.3 Å². The fourth-order valence-electron chi connectivity index (χ4n) is 1.56. The van der Waals surface area contributed by atoms with E-state index in [-0.39, 0.29) is 6.61 Å². The number of aliphatic hydroxyl groups is 1. The third-order valence-electron chi connectivity index (χ3n) is 2.38. The Bertz CT molecular complexity index is 360. The van der Waals surface area contributed by atoms with E-state index in [1.807, 2.05) is 17.0 Å². The van der Waals surface area contributed by atoms with Gasteiger partial charge in [-0.2, -0.15) is 5.26 Å². The Balaban J connectivity index is 2.87. The number of nitrogens with zero attached hydrogens (tertiary/aromatic N) is 3. The number of pyridine rings is 1. The first-order valence-electron chi connectivity index (χ1n) is 5.54. The van der Waals surface area contributed by atoms with Crippen LogP contribution in [0.1, 0.15) is 25.5 Å². The summed E-state index contributed by atoms with van der Waals surface area (Å²) >= 11 is 0. The molecular weight excluding hydrogens is 202 g/mol. The van der Waals surface area contributed by atoms with Crippen molar-refractivity contribution in [2.24, 2.45) is 0 Å². The van der Waals surface area contributed by atoms with E-state index < -0.39 is 0 Å². The molecule has 16 heavy (non-hydrogen) atoms. The largest absolute Gasteiger partial charge is 0.395 e. The van der Waals surface area contributed by atoms with Crippen molar-refractivity contribution in [3.05, 3.63) is 24.0 Å². The van der Waals surface area contributed by atoms with Gasteiger partial charge in [0.15, 0.2) is 5.69 Å². The van der Waals surface area contributed by atoms with Crippen molar-refractivity contribution in [2.75, 3.05) is 24.6 Å². The van der Waals surface area contributed by atoms with Crippen LogP contribution >= 0.6 is 0 Å². The number of nitriles is 1. The van der Waals surface area contributed by atoms with Gasteiger partial charge in [-0.25, -0.2) is 4.98 Å². The first-order valence-corrected chi connectivity index (χ1v) is 5.54. The molecule has 1 rings (SSSR count). The monoisotopic (exact) mass is 219 g/mol. The summed E-state index contributed by atoms with van der Waals surface area (Å²) in [6.07, 6.45) is 3.74. The van der Waals surface area contributed by atoms with Gasteiger partial charge in [-0.3, -0.25) is 0 Å². The van der Waals surface area contributed by atoms with Crippen molar-refractivity contribution < 1.29 is 5.11 Å². The van der Waals surface area contributed by atoms with Crippen LogP contribution < -0.4 is 4.90 Å². The second-order valence-electron chi connectivity index (χ2n) is 3.55. The lowest BCUT2D eigenvalue weighted by molar-refractivity contribution is 0.301. The summed E-state index contributed by atoms with van der Waals surface area (Å²) in [6, 6.07) is 5.76. The number of unbranched alkanes of at least 4 members (excludes halogenated alkanes) is 1. The van der Waals surface area contributed by atoms with Crippen LogP contribution in [0.5, 0.6) is 0 Å². The zero-order valence-corrected chi connectivity index (χ0v) is 9.56. The van der Waals surface area contributed by atoms with Crippen molar-refractivity contribution in [2.45, 2.75) is 19.8 Å². The molecule has 4 heteroatoms. The lowest BCUT2D eigenvalue weighted by atomic mass is 10.2. The van der Waals surface area contributed by atoms with Crippen molar-refractivity contribution >= 4 is 5.69 Å². The highest BCUT2D eigenvalue weighted by atomic mass is 16.3. The summed E-state index contributed by atoms with van der Waals surface area (Å²) in [4.78, 5) is 6.03. The highest BCUT2D eigenvalue weighted by molar-refractivity contribution is 5.55. The summed E-state index contributed by atoms with van der Waals surface area (Å²) < 4.78 is 0. The average molecular weight is 219 g/mol. The Kier molecular flexibility index (Phi) is 5.30. The van der Waals surface area contributed by atoms with Crippen LogP contribution in [0.25, 0.3) is 0 Å². The quantitative estimate of drug-likeness (QED) is 0.788. The van der Waals surface area contributed by atoms with Crippen molar-refractivity contribution in [1.29, 1.82) is 5.26 Å². The molecule has 1 aromatic rings. The van der Waals surface area contributed by atoms with Crippen LogP contribution in [0.2, 0.25) is 0 Å². The molecule has 0 aromatic carbocycles. The van der Waals surface area contributed by atoms with Gasteiger partial charge in [0.05, 0.1) is 12.3 Å². The first-order chi connectivity index (χ1) is 7.83. The Hall–Kier alpha value is -1.60. The number of hydrogen-bond donors (Lipinski definition) is 1. The maximum atomic E-state index is 9.02. The standard InChI is InChI=1S/C12H17N3O/c1-2-3-7-15(8-9-16)12-5-4-6-14-11(12)10-13/h4-6,16H,2-3,7-9H2,1H3. The predicted octanol–water partition coefficient (Wildman–Crippen LogP) is 1.55. The first kappa shape index (κ1) is 12.5. The Labute approximate surface area is 96.2 Å². The van der Waals surface area contributed by atoms with Gasteiger partial charge in [0, 0.05) is 19.3 Å². The minimum absolute atomic E-state index is 0.0868. The van der Waals surface area contributed by atoms with Crippen LogP contribution in [0.15, 0.2) is 18.3 Å². The molecule has 1 heterocycles. The number of anilines is 1. The third-order valence-corrected chi connectivity index (χ3v) is 2.38. The minimum Gasteiger partial charge on any atom is -0.395 e. The number of aromatic nitrogens is 1. The van der Waals surface area contributed by atoms with Gasteiger partial charge in [0.2, 0.25) is 0 Å². The van der Waals surface area contributed by atoms with Crippen LogP contribution in [-0.4, -0.2) is 29.8 Å². The van der Waals surface area contributed by atoms with E-state index in [2.05, 4.69) is 18.0 Å². The number of rotatable bonds is 6. The molecule has 0 bridgehead atoms. The Morgan fingerprint density at radius 2 is 2.31 bits per heavy atom. The SMILES string of the molecule is CCCCN(CCO)c1cccnc1C#N. The molecule has 4 nitrogen and oxygen atoms in total. The predicted molar refractivity (Wildman–Crippen MR) is 63.2 cm³/mol. The molecule has 1 aromatic heterocycles. The van der Waals surface area contributed by atoms with Gasteiger partial charge in [0.25, 0.3) is 0 Å². The fraction of sp³-hybridized carbons (Fsp3) is 0.500. The molecule has 0 spiro atoms. The van der Waals surface area contributed by atoms with Gasteiger partial charge < -0.3 is 10.0 Å². The number of aliphatic hydroxyl groups excluding tert-OH is 1. The maximum absolute atomic E-state index is 9.02. The lowest BCUT2D eigenvalue weighted by Gasteiger charge is -2.24. The van der Waals surface area contributed by atoms with E-state index >= 15 is 0 Å². The van der Waals surface area contributed by atoms with Crippen LogP contribution in [-0.2, 0) is 0 Å². The second-order valence-corrected chi connectivity index (χ2v) is 3.55. The van der Waals surface area contributed by atoms with Crippen molar-refractivity contribution in [3.8, 4) is 6.07 Å². The molecule has 0 aliphatic heterocycles. The molecule has 86 valence electrons. The van der Waals surface area contributed by atoms with Gasteiger partial charge in [0.1, 0.15) is 6.07 Å². The molecule has 0 atom stereocenters. The number of hydrogen-bond acceptors (Lipinski definition) is 4. The van der Waals surface area contributed by atoms with E-state index in [0.29, 0.717) is 12.2 Å². The minimum atomic E-state index is 0.0868. The molecule has 0 saturated heterocycles.